The van der Waals surface area contributed by atoms with E-state index >= 15 is 0 Å². The Labute approximate surface area is 240 Å². The number of esters is 5. The Balaban J connectivity index is 6.17. The number of aliphatic hydroxyl groups excluding tert-OH is 1. The molecule has 0 aromatic heterocycles. The van der Waals surface area contributed by atoms with E-state index in [9.17, 15) is 29.1 Å². The maximum absolute atomic E-state index is 12.2. The van der Waals surface area contributed by atoms with Crippen LogP contribution in [0.15, 0.2) is 48.6 Å². The second-order valence-electron chi connectivity index (χ2n) is 10.1. The minimum absolute atomic E-state index is 0.0455. The fraction of sp³-hybridized carbons (Fsp3) is 0.552. The van der Waals surface area contributed by atoms with Crippen LogP contribution < -0.4 is 0 Å². The van der Waals surface area contributed by atoms with Gasteiger partial charge < -0.3 is 33.5 Å². The van der Waals surface area contributed by atoms with Crippen molar-refractivity contribution in [3.05, 3.63) is 48.6 Å². The average Bonchev–Trinajstić information content (AvgIpc) is 2.93. The summed E-state index contributed by atoms with van der Waals surface area (Å²) in [5, 5.41) is 10.3. The molecule has 230 valence electrons. The highest BCUT2D eigenvalue weighted by Gasteiger charge is 2.40. The van der Waals surface area contributed by atoms with E-state index in [-0.39, 0.29) is 48.5 Å². The second kappa shape index (κ2) is 17.8. The van der Waals surface area contributed by atoms with Crippen molar-refractivity contribution in [3.63, 3.8) is 0 Å². The van der Waals surface area contributed by atoms with Gasteiger partial charge >= 0.3 is 29.8 Å². The van der Waals surface area contributed by atoms with Crippen LogP contribution in [0.1, 0.15) is 41.0 Å². The number of ether oxygens (including phenoxy) is 6. The van der Waals surface area contributed by atoms with Gasteiger partial charge in [0.15, 0.2) is 0 Å². The quantitative estimate of drug-likeness (QED) is 0.127. The van der Waals surface area contributed by atoms with Gasteiger partial charge in [0, 0.05) is 28.7 Å². The van der Waals surface area contributed by atoms with E-state index in [4.69, 9.17) is 28.4 Å². The van der Waals surface area contributed by atoms with Crippen molar-refractivity contribution in [2.75, 3.05) is 52.9 Å². The number of carbonyl (C=O) groups excluding carboxylic acids is 5. The Kier molecular flexibility index (Phi) is 16.2. The predicted molar refractivity (Wildman–Crippen MR) is 147 cm³/mol. The van der Waals surface area contributed by atoms with E-state index in [0.29, 0.717) is 0 Å². The highest BCUT2D eigenvalue weighted by molar-refractivity contribution is 5.88. The molecule has 0 atom stereocenters. The molecule has 12 nitrogen and oxygen atoms in total. The van der Waals surface area contributed by atoms with Crippen molar-refractivity contribution < 1.29 is 57.5 Å². The molecule has 0 amide bonds. The van der Waals surface area contributed by atoms with Gasteiger partial charge in [0.05, 0.1) is 30.7 Å². The Hall–Kier alpha value is -3.77. The number of rotatable bonds is 20. The largest absolute Gasteiger partial charge is 0.465 e. The first-order chi connectivity index (χ1) is 19.0. The molecule has 0 bridgehead atoms. The molecule has 0 aromatic carbocycles. The Morgan fingerprint density at radius 2 is 0.829 bits per heavy atom. The molecular weight excluding hydrogens is 540 g/mol. The molecular formula is C29H42O12. The molecule has 0 aliphatic rings. The van der Waals surface area contributed by atoms with Crippen LogP contribution in [0.3, 0.4) is 0 Å². The molecule has 0 rings (SSSR count). The maximum atomic E-state index is 12.2. The number of hydrogen-bond acceptors (Lipinski definition) is 12. The molecule has 0 radical (unpaired) electrons. The van der Waals surface area contributed by atoms with Crippen molar-refractivity contribution >= 4 is 29.8 Å². The summed E-state index contributed by atoms with van der Waals surface area (Å²) in [7, 11) is 0. The third kappa shape index (κ3) is 13.9. The first kappa shape index (κ1) is 37.2. The van der Waals surface area contributed by atoms with Crippen molar-refractivity contribution in [1.29, 1.82) is 0 Å². The first-order valence-electron chi connectivity index (χ1n) is 12.7. The van der Waals surface area contributed by atoms with Gasteiger partial charge in [-0.3, -0.25) is 4.79 Å². The van der Waals surface area contributed by atoms with Crippen LogP contribution >= 0.6 is 0 Å². The SMILES string of the molecule is C=C(C)C(=O)OCC(CO)(COCC(COC(=O)CC)(COC(=O)C(=C)C)COC(=O)C(=C)C)COC(=O)C(=C)C. The van der Waals surface area contributed by atoms with Crippen molar-refractivity contribution in [2.24, 2.45) is 10.8 Å². The minimum atomic E-state index is -1.44. The van der Waals surface area contributed by atoms with Crippen LogP contribution in [-0.4, -0.2) is 87.8 Å². The topological polar surface area (TPSA) is 161 Å². The highest BCUT2D eigenvalue weighted by atomic mass is 16.6. The van der Waals surface area contributed by atoms with Crippen LogP contribution in [0.5, 0.6) is 0 Å². The Bertz CT molecular complexity index is 963. The molecule has 0 aliphatic carbocycles. The van der Waals surface area contributed by atoms with Crippen LogP contribution in [0.2, 0.25) is 0 Å². The summed E-state index contributed by atoms with van der Waals surface area (Å²) in [6, 6.07) is 0. The van der Waals surface area contributed by atoms with Gasteiger partial charge in [0.25, 0.3) is 0 Å². The van der Waals surface area contributed by atoms with Crippen LogP contribution in [0.4, 0.5) is 0 Å². The second-order valence-corrected chi connectivity index (χ2v) is 10.1. The van der Waals surface area contributed by atoms with Crippen molar-refractivity contribution in [1.82, 2.24) is 0 Å². The zero-order valence-electron chi connectivity index (χ0n) is 24.6. The van der Waals surface area contributed by atoms with Crippen molar-refractivity contribution in [3.8, 4) is 0 Å². The van der Waals surface area contributed by atoms with E-state index < -0.39 is 73.7 Å². The van der Waals surface area contributed by atoms with E-state index in [2.05, 4.69) is 26.3 Å². The van der Waals surface area contributed by atoms with Gasteiger partial charge in [0.1, 0.15) is 33.0 Å². The third-order valence-electron chi connectivity index (χ3n) is 5.41. The molecule has 1 N–H and O–H groups in total. The van der Waals surface area contributed by atoms with Gasteiger partial charge in [-0.15, -0.1) is 0 Å². The van der Waals surface area contributed by atoms with Gasteiger partial charge in [-0.25, -0.2) is 19.2 Å². The molecule has 0 aromatic rings. The molecule has 0 heterocycles. The summed E-state index contributed by atoms with van der Waals surface area (Å²) in [6.45, 7) is 18.0. The molecule has 12 heteroatoms. The monoisotopic (exact) mass is 582 g/mol. The van der Waals surface area contributed by atoms with Gasteiger partial charge in [-0.05, 0) is 27.7 Å². The number of carbonyl (C=O) groups is 5. The predicted octanol–water partition coefficient (Wildman–Crippen LogP) is 2.40. The lowest BCUT2D eigenvalue weighted by Gasteiger charge is -2.35. The van der Waals surface area contributed by atoms with Crippen LogP contribution in [0.25, 0.3) is 0 Å². The van der Waals surface area contributed by atoms with Gasteiger partial charge in [0.2, 0.25) is 0 Å². The summed E-state index contributed by atoms with van der Waals surface area (Å²) in [4.78, 5) is 60.4. The van der Waals surface area contributed by atoms with E-state index in [0.717, 1.165) is 0 Å². The van der Waals surface area contributed by atoms with Crippen LogP contribution in [0, 0.1) is 10.8 Å². The fourth-order valence-electron chi connectivity index (χ4n) is 2.70. The number of aliphatic hydroxyl groups is 1. The molecule has 0 saturated heterocycles. The minimum Gasteiger partial charge on any atom is -0.465 e. The lowest BCUT2D eigenvalue weighted by Crippen LogP contribution is -2.46. The van der Waals surface area contributed by atoms with Gasteiger partial charge in [-0.2, -0.15) is 0 Å². The Morgan fingerprint density at radius 1 is 0.537 bits per heavy atom. The molecule has 0 saturated carbocycles. The smallest absolute Gasteiger partial charge is 0.333 e. The standard InChI is InChI=1S/C29H42O12/c1-10-23(31)37-16-29(17-40-26(34)21(6)7,18-41-27(35)22(8)9)13-36-12-28(11-30,14-38-24(32)19(2)3)15-39-25(33)20(4)5/h30H,2,4,6,8,10-18H2,1,3,5,7,9H3. The molecule has 0 fully saturated rings. The van der Waals surface area contributed by atoms with Gasteiger partial charge in [-0.1, -0.05) is 33.2 Å². The summed E-state index contributed by atoms with van der Waals surface area (Å²) >= 11 is 0. The zero-order valence-corrected chi connectivity index (χ0v) is 24.6. The normalized spacial score (nSPS) is 11.1. The zero-order chi connectivity index (χ0) is 31.8. The number of hydrogen-bond donors (Lipinski definition) is 1. The summed E-state index contributed by atoms with van der Waals surface area (Å²) < 4.78 is 32.3. The lowest BCUT2D eigenvalue weighted by atomic mass is 9.90. The highest BCUT2D eigenvalue weighted by Crippen LogP contribution is 2.26. The molecule has 41 heavy (non-hydrogen) atoms. The first-order valence-corrected chi connectivity index (χ1v) is 12.7. The molecule has 0 aliphatic heterocycles. The summed E-state index contributed by atoms with van der Waals surface area (Å²) in [5.74, 6) is -3.55. The third-order valence-corrected chi connectivity index (χ3v) is 5.41. The van der Waals surface area contributed by atoms with Crippen molar-refractivity contribution in [2.45, 2.75) is 41.0 Å². The van der Waals surface area contributed by atoms with Crippen LogP contribution in [-0.2, 0) is 52.4 Å². The summed E-state index contributed by atoms with van der Waals surface area (Å²) in [6.07, 6.45) is 0.0455. The molecule has 0 spiro atoms. The van der Waals surface area contributed by atoms with E-state index in [1.807, 2.05) is 0 Å². The summed E-state index contributed by atoms with van der Waals surface area (Å²) in [5.41, 5.74) is -2.45. The Morgan fingerprint density at radius 3 is 1.12 bits per heavy atom. The van der Waals surface area contributed by atoms with E-state index in [1.54, 1.807) is 6.92 Å². The average molecular weight is 583 g/mol. The maximum Gasteiger partial charge on any atom is 0.333 e. The lowest BCUT2D eigenvalue weighted by molar-refractivity contribution is -0.169. The molecule has 0 unspecified atom stereocenters. The van der Waals surface area contributed by atoms with E-state index in [1.165, 1.54) is 27.7 Å². The fourth-order valence-corrected chi connectivity index (χ4v) is 2.70.